The molecule has 2 amide bonds. The molecule has 1 fully saturated rings. The first kappa shape index (κ1) is 27.7. The van der Waals surface area contributed by atoms with Crippen LogP contribution in [0.2, 0.25) is 0 Å². The number of alkyl carbamates (subject to hydrolysis) is 1. The normalized spacial score (nSPS) is 16.8. The third-order valence-corrected chi connectivity index (χ3v) is 7.42. The number of hydrogen-bond donors (Lipinski definition) is 3. The summed E-state index contributed by atoms with van der Waals surface area (Å²) in [6, 6.07) is 19.1. The van der Waals surface area contributed by atoms with Crippen molar-refractivity contribution in [3.05, 3.63) is 71.8 Å². The lowest BCUT2D eigenvalue weighted by molar-refractivity contribution is -0.131. The smallest absolute Gasteiger partial charge is 0.407 e. The number of aliphatic hydroxyl groups excluding tert-OH is 1. The molecule has 0 spiro atoms. The summed E-state index contributed by atoms with van der Waals surface area (Å²) in [6.45, 7) is 4.29. The molecule has 3 N–H and O–H groups in total. The molecular weight excluding hydrogens is 452 g/mol. The number of benzene rings is 2. The van der Waals surface area contributed by atoms with E-state index in [9.17, 15) is 14.7 Å². The van der Waals surface area contributed by atoms with Crippen molar-refractivity contribution < 1.29 is 19.4 Å². The Bertz CT molecular complexity index is 930. The van der Waals surface area contributed by atoms with E-state index in [1.54, 1.807) is 0 Å². The number of rotatable bonds is 14. The van der Waals surface area contributed by atoms with Crippen LogP contribution in [0.3, 0.4) is 0 Å². The van der Waals surface area contributed by atoms with Crippen LogP contribution in [0.5, 0.6) is 0 Å². The number of hydrogen-bond acceptors (Lipinski definition) is 4. The van der Waals surface area contributed by atoms with Gasteiger partial charge in [-0.15, -0.1) is 0 Å². The first-order valence-corrected chi connectivity index (χ1v) is 13.4. The second-order valence-electron chi connectivity index (χ2n) is 10.2. The molecule has 0 aromatic heterocycles. The Morgan fingerprint density at radius 2 is 1.67 bits per heavy atom. The van der Waals surface area contributed by atoms with E-state index >= 15 is 0 Å². The van der Waals surface area contributed by atoms with Gasteiger partial charge >= 0.3 is 6.09 Å². The molecule has 0 radical (unpaired) electrons. The molecule has 3 atom stereocenters. The van der Waals surface area contributed by atoms with E-state index in [0.717, 1.165) is 56.9 Å². The first-order valence-electron chi connectivity index (χ1n) is 13.4. The Morgan fingerprint density at radius 3 is 2.28 bits per heavy atom. The van der Waals surface area contributed by atoms with Crippen LogP contribution >= 0.6 is 0 Å². The van der Waals surface area contributed by atoms with Crippen molar-refractivity contribution in [2.45, 2.75) is 89.8 Å². The van der Waals surface area contributed by atoms with Crippen LogP contribution < -0.4 is 10.6 Å². The van der Waals surface area contributed by atoms with Crippen LogP contribution in [0.25, 0.3) is 0 Å². The van der Waals surface area contributed by atoms with E-state index in [1.165, 1.54) is 5.56 Å². The molecule has 2 aromatic carbocycles. The predicted octanol–water partition coefficient (Wildman–Crippen LogP) is 5.70. The average molecular weight is 495 g/mol. The lowest BCUT2D eigenvalue weighted by atomic mass is 9.66. The zero-order valence-electron chi connectivity index (χ0n) is 21.7. The highest BCUT2D eigenvalue weighted by Crippen LogP contribution is 2.45. The molecule has 1 aliphatic rings. The van der Waals surface area contributed by atoms with Crippen LogP contribution in [0, 0.1) is 5.41 Å². The molecular formula is C30H42N2O4. The summed E-state index contributed by atoms with van der Waals surface area (Å²) in [7, 11) is 0. The number of aliphatic hydroxyl groups is 1. The molecule has 6 heteroatoms. The van der Waals surface area contributed by atoms with Crippen molar-refractivity contribution >= 4 is 12.0 Å². The summed E-state index contributed by atoms with van der Waals surface area (Å²) in [5, 5.41) is 16.4. The monoisotopic (exact) mass is 494 g/mol. The molecule has 0 unspecified atom stereocenters. The number of amides is 2. The van der Waals surface area contributed by atoms with Crippen LogP contribution in [0.1, 0.15) is 82.4 Å². The summed E-state index contributed by atoms with van der Waals surface area (Å²) >= 11 is 0. The van der Waals surface area contributed by atoms with Crippen LogP contribution in [-0.4, -0.2) is 35.9 Å². The molecule has 1 aliphatic carbocycles. The van der Waals surface area contributed by atoms with E-state index in [2.05, 4.69) is 34.9 Å². The van der Waals surface area contributed by atoms with Gasteiger partial charge in [0.25, 0.3) is 5.91 Å². The maximum Gasteiger partial charge on any atom is 0.407 e. The molecule has 6 nitrogen and oxygen atoms in total. The third-order valence-electron chi connectivity index (χ3n) is 7.42. The van der Waals surface area contributed by atoms with Gasteiger partial charge in [-0.2, -0.15) is 0 Å². The van der Waals surface area contributed by atoms with E-state index in [4.69, 9.17) is 4.74 Å². The van der Waals surface area contributed by atoms with Crippen molar-refractivity contribution in [2.75, 3.05) is 6.61 Å². The van der Waals surface area contributed by atoms with Crippen LogP contribution in [-0.2, 0) is 16.0 Å². The van der Waals surface area contributed by atoms with Crippen molar-refractivity contribution in [2.24, 2.45) is 5.41 Å². The van der Waals surface area contributed by atoms with Gasteiger partial charge in [0.05, 0.1) is 18.7 Å². The maximum atomic E-state index is 12.8. The summed E-state index contributed by atoms with van der Waals surface area (Å²) < 4.78 is 5.65. The van der Waals surface area contributed by atoms with Gasteiger partial charge in [0.2, 0.25) is 0 Å². The molecule has 3 rings (SSSR count). The van der Waals surface area contributed by atoms with E-state index in [-0.39, 0.29) is 11.5 Å². The summed E-state index contributed by atoms with van der Waals surface area (Å²) in [6.07, 6.45) is 6.68. The van der Waals surface area contributed by atoms with Gasteiger partial charge < -0.3 is 20.5 Å². The van der Waals surface area contributed by atoms with E-state index in [0.29, 0.717) is 13.0 Å². The van der Waals surface area contributed by atoms with Crippen LogP contribution in [0.15, 0.2) is 60.7 Å². The summed E-state index contributed by atoms with van der Waals surface area (Å²) in [5.41, 5.74) is 2.33. The quantitative estimate of drug-likeness (QED) is 0.314. The highest BCUT2D eigenvalue weighted by atomic mass is 16.5. The maximum absolute atomic E-state index is 12.8. The molecule has 0 bridgehead atoms. The SMILES string of the molecule is CCCC[C@H](NC(=O)OCC1(CCCc2ccccc2)CCC1)[C@H](O)C(=O)N[C@H](C)c1ccccc1. The zero-order chi connectivity index (χ0) is 25.8. The molecule has 0 heterocycles. The molecule has 2 aromatic rings. The van der Waals surface area contributed by atoms with Crippen molar-refractivity contribution in [1.29, 1.82) is 0 Å². The second-order valence-corrected chi connectivity index (χ2v) is 10.2. The largest absolute Gasteiger partial charge is 0.449 e. The predicted molar refractivity (Wildman–Crippen MR) is 142 cm³/mol. The van der Waals surface area contributed by atoms with Gasteiger partial charge in [-0.25, -0.2) is 4.79 Å². The highest BCUT2D eigenvalue weighted by Gasteiger charge is 2.38. The fraction of sp³-hybridized carbons (Fsp3) is 0.533. The average Bonchev–Trinajstić information content (AvgIpc) is 2.88. The van der Waals surface area contributed by atoms with E-state index in [1.807, 2.05) is 50.2 Å². The number of carbonyl (C=O) groups excluding carboxylic acids is 2. The minimum Gasteiger partial charge on any atom is -0.449 e. The van der Waals surface area contributed by atoms with Gasteiger partial charge in [0, 0.05) is 5.41 Å². The Morgan fingerprint density at radius 1 is 1.00 bits per heavy atom. The van der Waals surface area contributed by atoms with Gasteiger partial charge in [-0.3, -0.25) is 4.79 Å². The molecule has 196 valence electrons. The second kappa shape index (κ2) is 14.0. The van der Waals surface area contributed by atoms with Crippen molar-refractivity contribution in [3.63, 3.8) is 0 Å². The topological polar surface area (TPSA) is 87.7 Å². The first-order chi connectivity index (χ1) is 17.4. The Balaban J connectivity index is 1.49. The van der Waals surface area contributed by atoms with Crippen molar-refractivity contribution in [3.8, 4) is 0 Å². The third kappa shape index (κ3) is 8.37. The minimum absolute atomic E-state index is 0.0478. The number of nitrogens with one attached hydrogen (secondary N) is 2. The Hall–Kier alpha value is -2.86. The fourth-order valence-corrected chi connectivity index (χ4v) is 4.91. The Labute approximate surface area is 215 Å². The number of unbranched alkanes of at least 4 members (excludes halogenated alkanes) is 1. The number of ether oxygens (including phenoxy) is 1. The zero-order valence-corrected chi connectivity index (χ0v) is 21.7. The lowest BCUT2D eigenvalue weighted by Crippen LogP contribution is -2.51. The molecule has 1 saturated carbocycles. The van der Waals surface area contributed by atoms with Gasteiger partial charge in [0.1, 0.15) is 0 Å². The fourth-order valence-electron chi connectivity index (χ4n) is 4.91. The van der Waals surface area contributed by atoms with E-state index < -0.39 is 24.1 Å². The molecule has 0 saturated heterocycles. The molecule has 0 aliphatic heterocycles. The summed E-state index contributed by atoms with van der Waals surface area (Å²) in [5.74, 6) is -0.496. The van der Waals surface area contributed by atoms with Gasteiger partial charge in [0.15, 0.2) is 6.10 Å². The Kier molecular flexibility index (Phi) is 10.8. The van der Waals surface area contributed by atoms with Crippen molar-refractivity contribution in [1.82, 2.24) is 10.6 Å². The standard InChI is InChI=1S/C30H42N2O4/c1-3-4-18-26(27(33)28(34)31-23(2)25-16-9-6-10-17-25)32-29(35)36-22-30(20-12-21-30)19-11-15-24-13-7-5-8-14-24/h5-10,13-14,16-17,23,26-27,33H,3-4,11-12,15,18-22H2,1-2H3,(H,31,34)(H,32,35)/t23-,26+,27+/m1/s1. The molecule has 36 heavy (non-hydrogen) atoms. The highest BCUT2D eigenvalue weighted by molar-refractivity contribution is 5.82. The lowest BCUT2D eigenvalue weighted by Gasteiger charge is -2.41. The minimum atomic E-state index is -1.35. The van der Waals surface area contributed by atoms with Gasteiger partial charge in [-0.1, -0.05) is 86.8 Å². The summed E-state index contributed by atoms with van der Waals surface area (Å²) in [4.78, 5) is 25.5. The van der Waals surface area contributed by atoms with Crippen LogP contribution in [0.4, 0.5) is 4.79 Å². The number of aryl methyl sites for hydroxylation is 1. The number of carbonyl (C=O) groups is 2. The van der Waals surface area contributed by atoms with Gasteiger partial charge in [-0.05, 0) is 56.6 Å².